The quantitative estimate of drug-likeness (QED) is 0.634. The van der Waals surface area contributed by atoms with Crippen LogP contribution >= 0.6 is 27.7 Å². The lowest BCUT2D eigenvalue weighted by atomic mass is 10.2. The third kappa shape index (κ3) is 4.21. The zero-order valence-corrected chi connectivity index (χ0v) is 15.2. The Morgan fingerprint density at radius 3 is 2.83 bits per heavy atom. The number of carbonyl (C=O) groups excluding carboxylic acids is 1. The first-order valence-electron chi connectivity index (χ1n) is 7.13. The fraction of sp³-hybridized carbons (Fsp3) is 0.125. The highest BCUT2D eigenvalue weighted by Crippen LogP contribution is 2.21. The van der Waals surface area contributed by atoms with E-state index in [1.54, 1.807) is 12.4 Å². The van der Waals surface area contributed by atoms with Crippen molar-refractivity contribution in [2.24, 2.45) is 0 Å². The topological polar surface area (TPSA) is 83.6 Å². The summed E-state index contributed by atoms with van der Waals surface area (Å²) in [5.74, 6) is 0.799. The molecule has 0 aliphatic rings. The van der Waals surface area contributed by atoms with Gasteiger partial charge in [0.2, 0.25) is 11.1 Å². The zero-order chi connectivity index (χ0) is 16.9. The molecule has 0 unspecified atom stereocenters. The maximum Gasteiger partial charge on any atom is 0.234 e. The van der Waals surface area contributed by atoms with Crippen LogP contribution in [0.5, 0.6) is 0 Å². The summed E-state index contributed by atoms with van der Waals surface area (Å²) >= 11 is 4.69. The lowest BCUT2D eigenvalue weighted by molar-refractivity contribution is -0.113. The molecular formula is C16H14BrN5OS. The van der Waals surface area contributed by atoms with Gasteiger partial charge in [0.15, 0.2) is 5.82 Å². The summed E-state index contributed by atoms with van der Waals surface area (Å²) in [5.41, 5.74) is 2.70. The largest absolute Gasteiger partial charge is 0.325 e. The molecule has 2 heterocycles. The number of rotatable bonds is 5. The molecule has 0 aliphatic carbocycles. The van der Waals surface area contributed by atoms with Gasteiger partial charge in [-0.05, 0) is 42.8 Å². The number of nitrogens with one attached hydrogen (secondary N) is 2. The van der Waals surface area contributed by atoms with Crippen LogP contribution in [0.1, 0.15) is 5.56 Å². The van der Waals surface area contributed by atoms with Crippen LogP contribution in [0.2, 0.25) is 0 Å². The molecule has 0 radical (unpaired) electrons. The molecule has 24 heavy (non-hydrogen) atoms. The number of pyridine rings is 1. The van der Waals surface area contributed by atoms with E-state index >= 15 is 0 Å². The van der Waals surface area contributed by atoms with Gasteiger partial charge in [-0.25, -0.2) is 4.98 Å². The fourth-order valence-electron chi connectivity index (χ4n) is 2.03. The standard InChI is InChI=1S/C16H14BrN5OS/c1-10-8-12(17)2-3-13(10)19-14(23)9-24-16-20-15(21-22-16)11-4-6-18-7-5-11/h2-8H,9H2,1H3,(H,19,23)(H,20,21,22). The number of thioether (sulfide) groups is 1. The number of benzene rings is 1. The Morgan fingerprint density at radius 1 is 1.29 bits per heavy atom. The molecule has 0 atom stereocenters. The molecule has 0 bridgehead atoms. The molecule has 2 N–H and O–H groups in total. The van der Waals surface area contributed by atoms with E-state index in [0.29, 0.717) is 11.0 Å². The van der Waals surface area contributed by atoms with E-state index < -0.39 is 0 Å². The molecular weight excluding hydrogens is 390 g/mol. The van der Waals surface area contributed by atoms with Gasteiger partial charge in [0, 0.05) is 28.1 Å². The second-order valence-corrected chi connectivity index (χ2v) is 6.86. The summed E-state index contributed by atoms with van der Waals surface area (Å²) in [6, 6.07) is 9.41. The summed E-state index contributed by atoms with van der Waals surface area (Å²) in [6.45, 7) is 1.95. The van der Waals surface area contributed by atoms with Gasteiger partial charge in [0.1, 0.15) is 0 Å². The highest BCUT2D eigenvalue weighted by Gasteiger charge is 2.10. The number of aromatic amines is 1. The Labute approximate surface area is 151 Å². The van der Waals surface area contributed by atoms with Gasteiger partial charge >= 0.3 is 0 Å². The number of aryl methyl sites for hydroxylation is 1. The van der Waals surface area contributed by atoms with Crippen molar-refractivity contribution >= 4 is 39.3 Å². The Morgan fingerprint density at radius 2 is 2.08 bits per heavy atom. The summed E-state index contributed by atoms with van der Waals surface area (Å²) in [4.78, 5) is 20.4. The number of carbonyl (C=O) groups is 1. The lowest BCUT2D eigenvalue weighted by Crippen LogP contribution is -2.14. The van der Waals surface area contributed by atoms with Crippen molar-refractivity contribution in [3.8, 4) is 11.4 Å². The van der Waals surface area contributed by atoms with Crippen LogP contribution in [0.3, 0.4) is 0 Å². The van der Waals surface area contributed by atoms with E-state index in [2.05, 4.69) is 41.4 Å². The number of anilines is 1. The first-order chi connectivity index (χ1) is 11.6. The van der Waals surface area contributed by atoms with E-state index in [1.165, 1.54) is 11.8 Å². The minimum Gasteiger partial charge on any atom is -0.325 e. The van der Waals surface area contributed by atoms with E-state index in [0.717, 1.165) is 21.3 Å². The number of hydrogen-bond acceptors (Lipinski definition) is 5. The Bertz CT molecular complexity index is 853. The highest BCUT2D eigenvalue weighted by molar-refractivity contribution is 9.10. The number of halogens is 1. The van der Waals surface area contributed by atoms with Crippen molar-refractivity contribution in [3.05, 3.63) is 52.8 Å². The minimum absolute atomic E-state index is 0.0966. The number of hydrogen-bond donors (Lipinski definition) is 2. The van der Waals surface area contributed by atoms with Gasteiger partial charge in [-0.15, -0.1) is 5.10 Å². The van der Waals surface area contributed by atoms with E-state index in [1.807, 2.05) is 37.3 Å². The van der Waals surface area contributed by atoms with E-state index in [4.69, 9.17) is 0 Å². The predicted molar refractivity (Wildman–Crippen MR) is 97.8 cm³/mol. The van der Waals surface area contributed by atoms with Gasteiger partial charge < -0.3 is 5.32 Å². The van der Waals surface area contributed by atoms with Crippen molar-refractivity contribution in [2.45, 2.75) is 12.1 Å². The maximum atomic E-state index is 12.1. The summed E-state index contributed by atoms with van der Waals surface area (Å²) in [5, 5.41) is 10.4. The third-order valence-electron chi connectivity index (χ3n) is 3.21. The summed E-state index contributed by atoms with van der Waals surface area (Å²) in [7, 11) is 0. The van der Waals surface area contributed by atoms with Crippen molar-refractivity contribution in [1.82, 2.24) is 20.2 Å². The number of H-pyrrole nitrogens is 1. The highest BCUT2D eigenvalue weighted by atomic mass is 79.9. The van der Waals surface area contributed by atoms with Crippen LogP contribution in [-0.2, 0) is 4.79 Å². The maximum absolute atomic E-state index is 12.1. The summed E-state index contributed by atoms with van der Waals surface area (Å²) < 4.78 is 0.983. The molecule has 0 aliphatic heterocycles. The molecule has 0 saturated carbocycles. The molecule has 0 saturated heterocycles. The van der Waals surface area contributed by atoms with Gasteiger partial charge in [-0.3, -0.25) is 14.9 Å². The predicted octanol–water partition coefficient (Wildman–Crippen LogP) is 3.67. The second kappa shape index (κ2) is 7.59. The Hall–Kier alpha value is -2.19. The molecule has 122 valence electrons. The first kappa shape index (κ1) is 16.7. The van der Waals surface area contributed by atoms with Crippen molar-refractivity contribution in [1.29, 1.82) is 0 Å². The van der Waals surface area contributed by atoms with Gasteiger partial charge in [0.25, 0.3) is 0 Å². The first-order valence-corrected chi connectivity index (χ1v) is 8.91. The Kier molecular flexibility index (Phi) is 5.27. The number of amides is 1. The van der Waals surface area contributed by atoms with Crippen molar-refractivity contribution < 1.29 is 4.79 Å². The van der Waals surface area contributed by atoms with Crippen LogP contribution < -0.4 is 5.32 Å². The molecule has 2 aromatic heterocycles. The average molecular weight is 404 g/mol. The van der Waals surface area contributed by atoms with Crippen LogP contribution in [0, 0.1) is 6.92 Å². The van der Waals surface area contributed by atoms with E-state index in [-0.39, 0.29) is 11.7 Å². The fourth-order valence-corrected chi connectivity index (χ4v) is 3.11. The SMILES string of the molecule is Cc1cc(Br)ccc1NC(=O)CSc1n[nH]c(-c2ccncc2)n1. The van der Waals surface area contributed by atoms with E-state index in [9.17, 15) is 4.79 Å². The molecule has 1 aromatic carbocycles. The molecule has 1 amide bonds. The summed E-state index contributed by atoms with van der Waals surface area (Å²) in [6.07, 6.45) is 3.39. The van der Waals surface area contributed by atoms with Crippen LogP contribution in [0.15, 0.2) is 52.4 Å². The Balaban J connectivity index is 1.58. The lowest BCUT2D eigenvalue weighted by Gasteiger charge is -2.07. The normalized spacial score (nSPS) is 10.6. The van der Waals surface area contributed by atoms with Crippen LogP contribution in [-0.4, -0.2) is 31.8 Å². The molecule has 3 aromatic rings. The molecule has 0 fully saturated rings. The molecule has 8 heteroatoms. The van der Waals surface area contributed by atoms with Gasteiger partial charge in [0.05, 0.1) is 5.75 Å². The van der Waals surface area contributed by atoms with Crippen LogP contribution in [0.25, 0.3) is 11.4 Å². The number of nitrogens with zero attached hydrogens (tertiary/aromatic N) is 3. The minimum atomic E-state index is -0.0966. The van der Waals surface area contributed by atoms with Gasteiger partial charge in [-0.2, -0.15) is 0 Å². The smallest absolute Gasteiger partial charge is 0.234 e. The third-order valence-corrected chi connectivity index (χ3v) is 4.55. The van der Waals surface area contributed by atoms with Crippen molar-refractivity contribution in [2.75, 3.05) is 11.1 Å². The molecule has 6 nitrogen and oxygen atoms in total. The number of aromatic nitrogens is 4. The zero-order valence-electron chi connectivity index (χ0n) is 12.8. The van der Waals surface area contributed by atoms with Crippen LogP contribution in [0.4, 0.5) is 5.69 Å². The van der Waals surface area contributed by atoms with Crippen molar-refractivity contribution in [3.63, 3.8) is 0 Å². The molecule has 0 spiro atoms. The average Bonchev–Trinajstić information content (AvgIpc) is 3.05. The van der Waals surface area contributed by atoms with Gasteiger partial charge in [-0.1, -0.05) is 27.7 Å². The molecule has 3 rings (SSSR count). The monoisotopic (exact) mass is 403 g/mol. The second-order valence-electron chi connectivity index (χ2n) is 5.00.